The van der Waals surface area contributed by atoms with E-state index in [0.29, 0.717) is 17.4 Å². The minimum Gasteiger partial charge on any atom is -0.387 e. The van der Waals surface area contributed by atoms with Crippen molar-refractivity contribution in [3.05, 3.63) is 24.3 Å². The number of carbonyl (C=O) groups excluding carboxylic acids is 1. The topological polar surface area (TPSA) is 105 Å². The first-order valence-electron chi connectivity index (χ1n) is 31.7. The first-order valence-corrected chi connectivity index (χ1v) is 33.2. The van der Waals surface area contributed by atoms with Gasteiger partial charge in [-0.2, -0.15) is 0 Å². The molecule has 0 aliphatic carbocycles. The Balaban J connectivity index is 3.80. The molecule has 0 aromatic carbocycles. The summed E-state index contributed by atoms with van der Waals surface area (Å²) in [7, 11) is 1.57. The second kappa shape index (κ2) is 54.8. The van der Waals surface area contributed by atoms with Crippen LogP contribution >= 0.6 is 7.82 Å². The normalized spacial score (nSPS) is 13.9. The summed E-state index contributed by atoms with van der Waals surface area (Å²) in [6.45, 7) is 4.80. The van der Waals surface area contributed by atoms with Crippen LogP contribution in [0.1, 0.15) is 322 Å². The zero-order valence-corrected chi connectivity index (χ0v) is 49.8. The number of nitrogens with zero attached hydrogens (tertiary/aromatic N) is 1. The average Bonchev–Trinajstić information content (AvgIpc) is 3.34. The Hall–Kier alpha value is -1.02. The second-order valence-corrected chi connectivity index (χ2v) is 24.6. The summed E-state index contributed by atoms with van der Waals surface area (Å²) in [5, 5.41) is 13.8. The van der Waals surface area contributed by atoms with Gasteiger partial charge in [-0.3, -0.25) is 13.8 Å². The number of hydrogen-bond donors (Lipinski definition) is 3. The molecule has 3 atom stereocenters. The smallest absolute Gasteiger partial charge is 0.387 e. The Bertz CT molecular complexity index is 1220. The Morgan fingerprint density at radius 2 is 0.764 bits per heavy atom. The van der Waals surface area contributed by atoms with Gasteiger partial charge in [0.25, 0.3) is 0 Å². The van der Waals surface area contributed by atoms with Crippen molar-refractivity contribution in [1.82, 2.24) is 5.32 Å². The number of aliphatic hydroxyl groups is 1. The summed E-state index contributed by atoms with van der Waals surface area (Å²) >= 11 is 0. The van der Waals surface area contributed by atoms with E-state index in [9.17, 15) is 19.4 Å². The van der Waals surface area contributed by atoms with Crippen LogP contribution in [0.3, 0.4) is 0 Å². The van der Waals surface area contributed by atoms with Crippen LogP contribution in [0.5, 0.6) is 0 Å². The maximum Gasteiger partial charge on any atom is 0.472 e. The quantitative estimate of drug-likeness (QED) is 0.0243. The van der Waals surface area contributed by atoms with E-state index in [1.54, 1.807) is 6.08 Å². The predicted octanol–water partition coefficient (Wildman–Crippen LogP) is 19.5. The highest BCUT2D eigenvalue weighted by atomic mass is 31.2. The van der Waals surface area contributed by atoms with Gasteiger partial charge in [0, 0.05) is 6.42 Å². The number of amides is 1. The summed E-state index contributed by atoms with van der Waals surface area (Å²) in [5.74, 6) is -0.182. The molecule has 72 heavy (non-hydrogen) atoms. The van der Waals surface area contributed by atoms with E-state index in [4.69, 9.17) is 9.05 Å². The van der Waals surface area contributed by atoms with Crippen molar-refractivity contribution in [3.63, 3.8) is 0 Å². The Labute approximate surface area is 449 Å². The van der Waals surface area contributed by atoms with Gasteiger partial charge in [-0.05, 0) is 32.1 Å². The molecular weight excluding hydrogens is 912 g/mol. The van der Waals surface area contributed by atoms with Gasteiger partial charge >= 0.3 is 7.82 Å². The minimum atomic E-state index is -4.35. The van der Waals surface area contributed by atoms with Crippen LogP contribution in [0.15, 0.2) is 24.3 Å². The van der Waals surface area contributed by atoms with E-state index < -0.39 is 20.0 Å². The van der Waals surface area contributed by atoms with Gasteiger partial charge in [0.05, 0.1) is 39.9 Å². The molecule has 3 unspecified atom stereocenters. The van der Waals surface area contributed by atoms with Crippen molar-refractivity contribution >= 4 is 13.7 Å². The van der Waals surface area contributed by atoms with E-state index in [1.807, 2.05) is 27.2 Å². The molecule has 0 spiro atoms. The number of allylic oxidation sites excluding steroid dienone is 3. The SMILES string of the molecule is CCCCCCC/C=C/CC/C=C/C(O)C(COP(=O)(O)OCC[N+](C)(C)C)NC(=O)CCCCCCCCCCCCCCCCCCCCCCCCCCCCCCCCCCCCCCCCC. The third-order valence-corrected chi connectivity index (χ3v) is 15.7. The largest absolute Gasteiger partial charge is 0.472 e. The molecular formula is C63H126N2O6P+. The lowest BCUT2D eigenvalue weighted by molar-refractivity contribution is -0.870. The Kier molecular flexibility index (Phi) is 54.0. The zero-order chi connectivity index (χ0) is 52.7. The van der Waals surface area contributed by atoms with Crippen LogP contribution in [-0.2, 0) is 18.4 Å². The van der Waals surface area contributed by atoms with Crippen molar-refractivity contribution < 1.29 is 32.9 Å². The van der Waals surface area contributed by atoms with Gasteiger partial charge in [-0.1, -0.05) is 308 Å². The lowest BCUT2D eigenvalue weighted by Crippen LogP contribution is -2.45. The molecule has 0 aliphatic heterocycles. The number of rotatable bonds is 59. The molecule has 0 aromatic rings. The molecule has 0 radical (unpaired) electrons. The maximum absolute atomic E-state index is 12.9. The number of quaternary nitrogens is 1. The van der Waals surface area contributed by atoms with Crippen molar-refractivity contribution in [1.29, 1.82) is 0 Å². The van der Waals surface area contributed by atoms with Crippen molar-refractivity contribution in [2.75, 3.05) is 40.9 Å². The molecule has 428 valence electrons. The lowest BCUT2D eigenvalue weighted by atomic mass is 10.0. The molecule has 0 saturated heterocycles. The van der Waals surface area contributed by atoms with Crippen LogP contribution in [-0.4, -0.2) is 73.4 Å². The second-order valence-electron chi connectivity index (χ2n) is 23.1. The fourth-order valence-electron chi connectivity index (χ4n) is 9.71. The standard InChI is InChI=1S/C63H125N2O6P/c1-6-8-10-12-14-16-18-19-20-21-22-23-24-25-26-27-28-29-30-31-32-33-34-35-36-37-38-39-40-41-42-43-44-45-47-49-51-53-55-57-63(67)64-61(60-71-72(68,69)70-59-58-65(3,4)5)62(66)56-54-52-50-48-46-17-15-13-11-9-7-2/h46,48,54,56,61-62,66H,6-45,47,49-53,55,57-60H2,1-5H3,(H-,64,67,68,69)/p+1/b48-46+,56-54+. The van der Waals surface area contributed by atoms with Gasteiger partial charge < -0.3 is 19.8 Å². The van der Waals surface area contributed by atoms with E-state index >= 15 is 0 Å². The summed E-state index contributed by atoms with van der Waals surface area (Å²) in [4.78, 5) is 23.2. The molecule has 3 N–H and O–H groups in total. The van der Waals surface area contributed by atoms with Gasteiger partial charge in [-0.15, -0.1) is 0 Å². The van der Waals surface area contributed by atoms with Crippen LogP contribution in [0.25, 0.3) is 0 Å². The number of phosphoric ester groups is 1. The van der Waals surface area contributed by atoms with Crippen LogP contribution in [0, 0.1) is 0 Å². The molecule has 0 fully saturated rings. The number of nitrogens with one attached hydrogen (secondary N) is 1. The summed E-state index contributed by atoms with van der Waals surface area (Å²) in [5.41, 5.74) is 0. The average molecular weight is 1040 g/mol. The van der Waals surface area contributed by atoms with E-state index in [1.165, 1.54) is 263 Å². The summed E-state index contributed by atoms with van der Waals surface area (Å²) in [6, 6.07) is -0.859. The summed E-state index contributed by atoms with van der Waals surface area (Å²) in [6.07, 6.45) is 70.6. The first kappa shape index (κ1) is 71.0. The molecule has 1 amide bonds. The van der Waals surface area contributed by atoms with Crippen LogP contribution in [0.4, 0.5) is 0 Å². The fourth-order valence-corrected chi connectivity index (χ4v) is 10.4. The van der Waals surface area contributed by atoms with Crippen molar-refractivity contribution in [2.45, 2.75) is 334 Å². The molecule has 0 aromatic heterocycles. The van der Waals surface area contributed by atoms with Crippen molar-refractivity contribution in [3.8, 4) is 0 Å². The third kappa shape index (κ3) is 56.7. The van der Waals surface area contributed by atoms with Crippen LogP contribution < -0.4 is 5.32 Å². The summed E-state index contributed by atoms with van der Waals surface area (Å²) < 4.78 is 23.6. The highest BCUT2D eigenvalue weighted by molar-refractivity contribution is 7.47. The zero-order valence-electron chi connectivity index (χ0n) is 48.9. The Morgan fingerprint density at radius 1 is 0.458 bits per heavy atom. The Morgan fingerprint density at radius 3 is 1.11 bits per heavy atom. The molecule has 8 nitrogen and oxygen atoms in total. The number of phosphoric acid groups is 1. The van der Waals surface area contributed by atoms with Gasteiger partial charge in [-0.25, -0.2) is 4.57 Å². The third-order valence-electron chi connectivity index (χ3n) is 14.7. The monoisotopic (exact) mass is 1040 g/mol. The van der Waals surface area contributed by atoms with Gasteiger partial charge in [0.1, 0.15) is 13.2 Å². The minimum absolute atomic E-state index is 0.0583. The highest BCUT2D eigenvalue weighted by Crippen LogP contribution is 2.43. The fraction of sp³-hybridized carbons (Fsp3) is 0.921. The molecule has 0 saturated carbocycles. The highest BCUT2D eigenvalue weighted by Gasteiger charge is 2.27. The number of likely N-dealkylation sites (N-methyl/N-ethyl adjacent to an activating group) is 1. The molecule has 0 heterocycles. The van der Waals surface area contributed by atoms with Gasteiger partial charge in [0.15, 0.2) is 0 Å². The van der Waals surface area contributed by atoms with E-state index in [2.05, 4.69) is 31.3 Å². The maximum atomic E-state index is 12.9. The molecule has 0 aliphatic rings. The van der Waals surface area contributed by atoms with E-state index in [-0.39, 0.29) is 19.1 Å². The number of aliphatic hydroxyl groups excluding tert-OH is 1. The first-order chi connectivity index (χ1) is 35.0. The van der Waals surface area contributed by atoms with Crippen LogP contribution in [0.2, 0.25) is 0 Å². The van der Waals surface area contributed by atoms with Gasteiger partial charge in [0.2, 0.25) is 5.91 Å². The van der Waals surface area contributed by atoms with Crippen molar-refractivity contribution in [2.24, 2.45) is 0 Å². The number of unbranched alkanes of at least 4 members (excludes halogenated alkanes) is 44. The molecule has 0 bridgehead atoms. The molecule has 9 heteroatoms. The lowest BCUT2D eigenvalue weighted by Gasteiger charge is -2.25. The predicted molar refractivity (Wildman–Crippen MR) is 314 cm³/mol. The van der Waals surface area contributed by atoms with E-state index in [0.717, 1.165) is 38.5 Å². The number of hydrogen-bond acceptors (Lipinski definition) is 5. The number of carbonyl (C=O) groups is 1. The molecule has 0 rings (SSSR count).